The number of hydrogen-bond donors (Lipinski definition) is 1. The van der Waals surface area contributed by atoms with Gasteiger partial charge in [-0.15, -0.1) is 11.8 Å². The van der Waals surface area contributed by atoms with E-state index in [9.17, 15) is 9.90 Å². The van der Waals surface area contributed by atoms with E-state index in [-0.39, 0.29) is 10.3 Å². The molecule has 0 aromatic heterocycles. The number of thioether (sulfide) groups is 1. The fourth-order valence-corrected chi connectivity index (χ4v) is 7.16. The highest BCUT2D eigenvalue weighted by Crippen LogP contribution is 2.65. The van der Waals surface area contributed by atoms with Crippen LogP contribution >= 0.6 is 11.8 Å². The Morgan fingerprint density at radius 1 is 1.16 bits per heavy atom. The van der Waals surface area contributed by atoms with E-state index in [1.807, 2.05) is 87.1 Å². The number of carboxylic acid groups (broad SMARTS) is 1. The molecule has 0 bridgehead atoms. The minimum atomic E-state index is -0.896. The molecule has 1 aliphatic carbocycles. The molecule has 1 saturated carbocycles. The monoisotopic (exact) mass is 522 g/mol. The predicted octanol–water partition coefficient (Wildman–Crippen LogP) is 6.28. The first kappa shape index (κ1) is 27.3. The highest BCUT2D eigenvalue weighted by Gasteiger charge is 2.66. The standard InChI is InChI=1S/C30H38N2O4S/c1-21-10-12-24(13-11-21)26(31-6)36-22(2)14-17-35-25-9-7-8-23(18-25)19-32-29(5,27(33)34)20-37-30(32)16-15-28(30,3)4/h7-14,18H,15-17,19-20H2,1-6H3,(H,33,34)/b22-14+,31-26?/t29-,30?/m1/s1. The van der Waals surface area contributed by atoms with E-state index in [2.05, 4.69) is 23.7 Å². The summed E-state index contributed by atoms with van der Waals surface area (Å²) in [5.41, 5.74) is 2.33. The van der Waals surface area contributed by atoms with Crippen LogP contribution < -0.4 is 4.74 Å². The normalized spacial score (nSPS) is 25.7. The van der Waals surface area contributed by atoms with E-state index in [4.69, 9.17) is 9.47 Å². The van der Waals surface area contributed by atoms with E-state index in [0.717, 1.165) is 29.7 Å². The van der Waals surface area contributed by atoms with Gasteiger partial charge in [0, 0.05) is 24.9 Å². The molecule has 1 aliphatic heterocycles. The van der Waals surface area contributed by atoms with Crippen LogP contribution in [0.4, 0.5) is 0 Å². The van der Waals surface area contributed by atoms with Crippen LogP contribution in [0.5, 0.6) is 5.75 Å². The third kappa shape index (κ3) is 5.30. The van der Waals surface area contributed by atoms with Crippen molar-refractivity contribution in [2.45, 2.75) is 64.4 Å². The van der Waals surface area contributed by atoms with Gasteiger partial charge in [0.1, 0.15) is 23.7 Å². The summed E-state index contributed by atoms with van der Waals surface area (Å²) in [6, 6.07) is 16.0. The lowest BCUT2D eigenvalue weighted by Gasteiger charge is -2.59. The lowest BCUT2D eigenvalue weighted by molar-refractivity contribution is -0.157. The van der Waals surface area contributed by atoms with E-state index in [1.54, 1.807) is 7.05 Å². The number of hydrogen-bond acceptors (Lipinski definition) is 6. The summed E-state index contributed by atoms with van der Waals surface area (Å²) in [5.74, 6) is 1.85. The second kappa shape index (κ2) is 10.5. The van der Waals surface area contributed by atoms with Gasteiger partial charge >= 0.3 is 5.97 Å². The Balaban J connectivity index is 1.42. The average molecular weight is 523 g/mol. The summed E-state index contributed by atoms with van der Waals surface area (Å²) in [7, 11) is 1.72. The highest BCUT2D eigenvalue weighted by atomic mass is 32.2. The molecule has 1 spiro atoms. The Labute approximate surface area is 224 Å². The van der Waals surface area contributed by atoms with Crippen molar-refractivity contribution in [3.05, 3.63) is 77.1 Å². The Bertz CT molecular complexity index is 1210. The van der Waals surface area contributed by atoms with Crippen LogP contribution in [0.15, 0.2) is 65.4 Å². The molecule has 6 nitrogen and oxygen atoms in total. The zero-order valence-corrected chi connectivity index (χ0v) is 23.5. The highest BCUT2D eigenvalue weighted by molar-refractivity contribution is 8.01. The summed E-state index contributed by atoms with van der Waals surface area (Å²) >= 11 is 1.81. The SMILES string of the molecule is CN=C(O/C(C)=C/COc1cccc(CN2C3(CCC3(C)C)SC[C@]2(C)C(=O)O)c1)c1ccc(C)cc1. The largest absolute Gasteiger partial charge is 0.489 e. The van der Waals surface area contributed by atoms with Gasteiger partial charge < -0.3 is 14.6 Å². The maximum absolute atomic E-state index is 12.3. The topological polar surface area (TPSA) is 71.4 Å². The van der Waals surface area contributed by atoms with Crippen molar-refractivity contribution in [1.29, 1.82) is 0 Å². The van der Waals surface area contributed by atoms with Crippen molar-refractivity contribution in [1.82, 2.24) is 4.90 Å². The van der Waals surface area contributed by atoms with Crippen LogP contribution in [-0.2, 0) is 16.1 Å². The maximum Gasteiger partial charge on any atom is 0.324 e. The van der Waals surface area contributed by atoms with Gasteiger partial charge in [-0.3, -0.25) is 14.7 Å². The summed E-state index contributed by atoms with van der Waals surface area (Å²) in [6.45, 7) is 11.2. The molecule has 7 heteroatoms. The second-order valence-electron chi connectivity index (χ2n) is 10.9. The van der Waals surface area contributed by atoms with Crippen LogP contribution in [0, 0.1) is 12.3 Å². The number of carboxylic acids is 1. The number of aryl methyl sites for hydroxylation is 1. The van der Waals surface area contributed by atoms with Gasteiger partial charge in [0.05, 0.1) is 4.87 Å². The zero-order chi connectivity index (χ0) is 26.8. The number of benzene rings is 2. The van der Waals surface area contributed by atoms with Gasteiger partial charge in [-0.25, -0.2) is 0 Å². The van der Waals surface area contributed by atoms with Gasteiger partial charge in [0.15, 0.2) is 0 Å². The molecule has 2 atom stereocenters. The van der Waals surface area contributed by atoms with Gasteiger partial charge in [-0.1, -0.05) is 43.7 Å². The Morgan fingerprint density at radius 3 is 2.49 bits per heavy atom. The molecule has 2 aromatic carbocycles. The summed E-state index contributed by atoms with van der Waals surface area (Å²) in [4.78, 5) is 18.7. The van der Waals surface area contributed by atoms with Gasteiger partial charge in [-0.05, 0) is 74.9 Å². The number of ether oxygens (including phenoxy) is 2. The summed E-state index contributed by atoms with van der Waals surface area (Å²) in [5, 5.41) is 10.1. The molecule has 2 aliphatic rings. The molecular formula is C30H38N2O4S. The van der Waals surface area contributed by atoms with Gasteiger partial charge in [-0.2, -0.15) is 0 Å². The van der Waals surface area contributed by atoms with E-state index in [0.29, 0.717) is 30.6 Å². The van der Waals surface area contributed by atoms with Crippen molar-refractivity contribution in [2.24, 2.45) is 10.4 Å². The fraction of sp³-hybridized carbons (Fsp3) is 0.467. The molecule has 1 saturated heterocycles. The third-order valence-corrected chi connectivity index (χ3v) is 10.0. The number of aliphatic carboxylic acids is 1. The Kier molecular flexibility index (Phi) is 7.77. The van der Waals surface area contributed by atoms with Crippen LogP contribution in [0.25, 0.3) is 0 Å². The van der Waals surface area contributed by atoms with E-state index in [1.165, 1.54) is 5.56 Å². The van der Waals surface area contributed by atoms with Gasteiger partial charge in [0.2, 0.25) is 5.90 Å². The minimum absolute atomic E-state index is 0.0700. The lowest BCUT2D eigenvalue weighted by Crippen LogP contribution is -2.65. The molecular weight excluding hydrogens is 484 g/mol. The smallest absolute Gasteiger partial charge is 0.324 e. The average Bonchev–Trinajstić information content (AvgIpc) is 3.18. The van der Waals surface area contributed by atoms with Crippen molar-refractivity contribution < 1.29 is 19.4 Å². The van der Waals surface area contributed by atoms with Gasteiger partial charge in [0.25, 0.3) is 0 Å². The molecule has 37 heavy (non-hydrogen) atoms. The van der Waals surface area contributed by atoms with Crippen LogP contribution in [0.2, 0.25) is 0 Å². The number of aliphatic imine (C=N–C) groups is 1. The number of allylic oxidation sites excluding steroid dienone is 1. The third-order valence-electron chi connectivity index (χ3n) is 7.85. The molecule has 198 valence electrons. The molecule has 2 fully saturated rings. The molecule has 1 heterocycles. The zero-order valence-electron chi connectivity index (χ0n) is 22.7. The van der Waals surface area contributed by atoms with Crippen molar-refractivity contribution in [3.8, 4) is 5.75 Å². The molecule has 0 radical (unpaired) electrons. The molecule has 1 unspecified atom stereocenters. The number of carbonyl (C=O) groups is 1. The molecule has 0 amide bonds. The van der Waals surface area contributed by atoms with E-state index < -0.39 is 11.5 Å². The Hall–Kier alpha value is -2.77. The number of rotatable bonds is 8. The first-order chi connectivity index (χ1) is 17.5. The second-order valence-corrected chi connectivity index (χ2v) is 12.1. The molecule has 1 N–H and O–H groups in total. The van der Waals surface area contributed by atoms with Crippen LogP contribution in [0.1, 0.15) is 57.2 Å². The fourth-order valence-electron chi connectivity index (χ4n) is 5.20. The maximum atomic E-state index is 12.3. The summed E-state index contributed by atoms with van der Waals surface area (Å²) in [6.07, 6.45) is 4.01. The van der Waals surface area contributed by atoms with Crippen molar-refractivity contribution in [2.75, 3.05) is 19.4 Å². The molecule has 4 rings (SSSR count). The van der Waals surface area contributed by atoms with Crippen LogP contribution in [-0.4, -0.2) is 51.7 Å². The quantitative estimate of drug-likeness (QED) is 0.250. The first-order valence-corrected chi connectivity index (χ1v) is 13.7. The first-order valence-electron chi connectivity index (χ1n) is 12.8. The summed E-state index contributed by atoms with van der Waals surface area (Å²) < 4.78 is 12.0. The van der Waals surface area contributed by atoms with Crippen molar-refractivity contribution >= 4 is 23.6 Å². The van der Waals surface area contributed by atoms with Crippen molar-refractivity contribution in [3.63, 3.8) is 0 Å². The Morgan fingerprint density at radius 2 is 1.89 bits per heavy atom. The number of nitrogens with zero attached hydrogens (tertiary/aromatic N) is 2. The van der Waals surface area contributed by atoms with Crippen LogP contribution in [0.3, 0.4) is 0 Å². The lowest BCUT2D eigenvalue weighted by atomic mass is 9.65. The minimum Gasteiger partial charge on any atom is -0.489 e. The van der Waals surface area contributed by atoms with E-state index >= 15 is 0 Å². The molecule has 2 aromatic rings. The predicted molar refractivity (Wildman–Crippen MR) is 150 cm³/mol.